The third kappa shape index (κ3) is 10.1. The molecule has 13 nitrogen and oxygen atoms in total. The maximum Gasteiger partial charge on any atom is 0.326 e. The minimum atomic E-state index is -1.07. The summed E-state index contributed by atoms with van der Waals surface area (Å²) in [6, 6.07) is -3.61. The molecule has 0 aromatic rings. The zero-order chi connectivity index (χ0) is 26.5. The van der Waals surface area contributed by atoms with E-state index in [1.54, 1.807) is 13.8 Å². The molecule has 200 valence electrons. The third-order valence-electron chi connectivity index (χ3n) is 5.93. The monoisotopic (exact) mass is 498 g/mol. The van der Waals surface area contributed by atoms with Crippen LogP contribution < -0.4 is 33.6 Å². The largest absolute Gasteiger partial charge is 0.480 e. The first-order valence-electron chi connectivity index (χ1n) is 12.1. The summed E-state index contributed by atoms with van der Waals surface area (Å²) >= 11 is 0. The van der Waals surface area contributed by atoms with Gasteiger partial charge in [0, 0.05) is 13.1 Å². The first-order chi connectivity index (χ1) is 16.5. The van der Waals surface area contributed by atoms with E-state index in [9.17, 15) is 24.3 Å². The lowest BCUT2D eigenvalue weighted by Crippen LogP contribution is -2.58. The second-order valence-corrected chi connectivity index (χ2v) is 9.16. The highest BCUT2D eigenvalue weighted by Crippen LogP contribution is 2.20. The molecule has 4 atom stereocenters. The van der Waals surface area contributed by atoms with E-state index in [1.165, 1.54) is 4.90 Å². The predicted octanol–water partition coefficient (Wildman–Crippen LogP) is -1.80. The molecule has 0 bridgehead atoms. The molecule has 4 unspecified atom stereocenters. The van der Waals surface area contributed by atoms with Gasteiger partial charge in [-0.15, -0.1) is 0 Å². The van der Waals surface area contributed by atoms with Crippen molar-refractivity contribution in [2.45, 2.75) is 83.0 Å². The molecular formula is C22H42N8O5. The van der Waals surface area contributed by atoms with Crippen LogP contribution in [-0.4, -0.2) is 83.5 Å². The standard InChI is InChI=1S/C22H42N8O5/c1-13(2)17(29-18(31)14(24)7-5-11-27-22(25)26)19(32)28-15(8-3-4-10-23)20(33)30-12-6-9-16(30)21(34)35/h13-17H,3-12,23-24H2,1-2H3,(H,28,32)(H,29,31)(H,34,35)(H4,25,26,27). The van der Waals surface area contributed by atoms with Crippen LogP contribution in [0.25, 0.3) is 0 Å². The Labute approximate surface area is 206 Å². The molecule has 3 amide bonds. The molecular weight excluding hydrogens is 456 g/mol. The molecule has 13 heteroatoms. The SMILES string of the molecule is CC(C)C(NC(=O)C(N)CCCN=C(N)N)C(=O)NC(CCCCN)C(=O)N1CCCC1C(=O)O. The molecule has 0 radical (unpaired) electrons. The normalized spacial score (nSPS) is 18.0. The van der Waals surface area contributed by atoms with Gasteiger partial charge in [-0.05, 0) is 57.4 Å². The summed E-state index contributed by atoms with van der Waals surface area (Å²) < 4.78 is 0. The van der Waals surface area contributed by atoms with Crippen LogP contribution in [0.3, 0.4) is 0 Å². The highest BCUT2D eigenvalue weighted by molar-refractivity contribution is 5.94. The van der Waals surface area contributed by atoms with Crippen molar-refractivity contribution >= 4 is 29.7 Å². The van der Waals surface area contributed by atoms with Crippen molar-refractivity contribution in [1.29, 1.82) is 0 Å². The lowest BCUT2D eigenvalue weighted by atomic mass is 10.0. The Morgan fingerprint density at radius 2 is 1.74 bits per heavy atom. The molecule has 0 saturated carbocycles. The fourth-order valence-electron chi connectivity index (χ4n) is 3.94. The first-order valence-corrected chi connectivity index (χ1v) is 12.1. The minimum Gasteiger partial charge on any atom is -0.480 e. The van der Waals surface area contributed by atoms with Crippen LogP contribution >= 0.6 is 0 Å². The van der Waals surface area contributed by atoms with Crippen LogP contribution in [0.15, 0.2) is 4.99 Å². The zero-order valence-corrected chi connectivity index (χ0v) is 20.7. The van der Waals surface area contributed by atoms with Gasteiger partial charge in [-0.1, -0.05) is 13.8 Å². The molecule has 1 aliphatic heterocycles. The Bertz CT molecular complexity index is 756. The average Bonchev–Trinajstić information content (AvgIpc) is 3.28. The van der Waals surface area contributed by atoms with Gasteiger partial charge >= 0.3 is 5.97 Å². The minimum absolute atomic E-state index is 0.0428. The number of amides is 3. The topological polar surface area (TPSA) is 232 Å². The van der Waals surface area contributed by atoms with Gasteiger partial charge in [0.25, 0.3) is 0 Å². The first kappa shape index (κ1) is 30.1. The number of hydrogen-bond donors (Lipinski definition) is 7. The highest BCUT2D eigenvalue weighted by atomic mass is 16.4. The molecule has 1 fully saturated rings. The lowest BCUT2D eigenvalue weighted by Gasteiger charge is -2.30. The van der Waals surface area contributed by atoms with Crippen LogP contribution in [0, 0.1) is 5.92 Å². The summed E-state index contributed by atoms with van der Waals surface area (Å²) in [4.78, 5) is 55.6. The fourth-order valence-corrected chi connectivity index (χ4v) is 3.94. The summed E-state index contributed by atoms with van der Waals surface area (Å²) in [6.45, 7) is 4.61. The lowest BCUT2D eigenvalue weighted by molar-refractivity contribution is -0.149. The molecule has 1 saturated heterocycles. The number of nitrogens with one attached hydrogen (secondary N) is 2. The summed E-state index contributed by atoms with van der Waals surface area (Å²) in [7, 11) is 0. The summed E-state index contributed by atoms with van der Waals surface area (Å²) in [6.07, 6.45) is 3.31. The van der Waals surface area contributed by atoms with Gasteiger partial charge in [-0.25, -0.2) is 4.79 Å². The van der Waals surface area contributed by atoms with E-state index in [-0.39, 0.29) is 11.9 Å². The van der Waals surface area contributed by atoms with E-state index in [2.05, 4.69) is 15.6 Å². The number of carbonyl (C=O) groups is 4. The highest BCUT2D eigenvalue weighted by Gasteiger charge is 2.38. The van der Waals surface area contributed by atoms with E-state index in [0.717, 1.165) is 0 Å². The van der Waals surface area contributed by atoms with Crippen molar-refractivity contribution in [3.05, 3.63) is 0 Å². The summed E-state index contributed by atoms with van der Waals surface area (Å²) in [5, 5.41) is 14.9. The molecule has 0 aromatic carbocycles. The second kappa shape index (κ2) is 15.1. The molecule has 11 N–H and O–H groups in total. The maximum atomic E-state index is 13.2. The van der Waals surface area contributed by atoms with Crippen LogP contribution in [0.4, 0.5) is 0 Å². The molecule has 1 heterocycles. The molecule has 1 aliphatic rings. The van der Waals surface area contributed by atoms with Gasteiger partial charge in [0.1, 0.15) is 18.1 Å². The number of guanidine groups is 1. The van der Waals surface area contributed by atoms with Gasteiger partial charge in [-0.2, -0.15) is 0 Å². The van der Waals surface area contributed by atoms with Crippen LogP contribution in [0.5, 0.6) is 0 Å². The number of aliphatic carboxylic acids is 1. The second-order valence-electron chi connectivity index (χ2n) is 9.16. The van der Waals surface area contributed by atoms with E-state index >= 15 is 0 Å². The number of carboxylic acid groups (broad SMARTS) is 1. The molecule has 35 heavy (non-hydrogen) atoms. The number of aliphatic imine (C=N–C) groups is 1. The van der Waals surface area contributed by atoms with Crippen molar-refractivity contribution in [3.63, 3.8) is 0 Å². The summed E-state index contributed by atoms with van der Waals surface area (Å²) in [5.74, 6) is -2.86. The van der Waals surface area contributed by atoms with Gasteiger partial charge < -0.3 is 43.6 Å². The van der Waals surface area contributed by atoms with Gasteiger partial charge in [0.15, 0.2) is 5.96 Å². The maximum absolute atomic E-state index is 13.2. The Balaban J connectivity index is 2.86. The number of carboxylic acids is 1. The van der Waals surface area contributed by atoms with Crippen molar-refractivity contribution in [2.24, 2.45) is 33.8 Å². The molecule has 0 spiro atoms. The van der Waals surface area contributed by atoms with E-state index in [1.807, 2.05) is 0 Å². The van der Waals surface area contributed by atoms with Crippen molar-refractivity contribution in [2.75, 3.05) is 19.6 Å². The van der Waals surface area contributed by atoms with Crippen LogP contribution in [-0.2, 0) is 19.2 Å². The van der Waals surface area contributed by atoms with Gasteiger partial charge in [0.2, 0.25) is 17.7 Å². The van der Waals surface area contributed by atoms with Crippen molar-refractivity contribution < 1.29 is 24.3 Å². The average molecular weight is 499 g/mol. The number of likely N-dealkylation sites (tertiary alicyclic amines) is 1. The number of unbranched alkanes of at least 4 members (excludes halogenated alkanes) is 1. The third-order valence-corrected chi connectivity index (χ3v) is 5.93. The van der Waals surface area contributed by atoms with Gasteiger partial charge in [-0.3, -0.25) is 19.4 Å². The summed E-state index contributed by atoms with van der Waals surface area (Å²) in [5.41, 5.74) is 22.1. The smallest absolute Gasteiger partial charge is 0.326 e. The Kier molecular flexibility index (Phi) is 13.0. The quantitative estimate of drug-likeness (QED) is 0.0765. The zero-order valence-electron chi connectivity index (χ0n) is 20.7. The van der Waals surface area contributed by atoms with E-state index in [4.69, 9.17) is 22.9 Å². The van der Waals surface area contributed by atoms with Crippen LogP contribution in [0.2, 0.25) is 0 Å². The number of carbonyl (C=O) groups excluding carboxylic acids is 3. The number of hydrogen-bond acceptors (Lipinski definition) is 7. The number of nitrogens with zero attached hydrogens (tertiary/aromatic N) is 2. The van der Waals surface area contributed by atoms with Gasteiger partial charge in [0.05, 0.1) is 6.04 Å². The Morgan fingerprint density at radius 1 is 1.06 bits per heavy atom. The molecule has 0 aliphatic carbocycles. The Morgan fingerprint density at radius 3 is 2.31 bits per heavy atom. The van der Waals surface area contributed by atoms with Crippen molar-refractivity contribution in [1.82, 2.24) is 15.5 Å². The Hall–Kier alpha value is -2.93. The molecule has 1 rings (SSSR count). The van der Waals surface area contributed by atoms with Crippen LogP contribution in [0.1, 0.15) is 58.8 Å². The van der Waals surface area contributed by atoms with E-state index in [0.29, 0.717) is 64.6 Å². The van der Waals surface area contributed by atoms with E-state index < -0.39 is 47.9 Å². The fraction of sp³-hybridized carbons (Fsp3) is 0.773. The molecule has 0 aromatic heterocycles. The number of rotatable bonds is 15. The predicted molar refractivity (Wildman–Crippen MR) is 132 cm³/mol. The van der Waals surface area contributed by atoms with Crippen molar-refractivity contribution in [3.8, 4) is 0 Å². The number of nitrogens with two attached hydrogens (primary N) is 4.